The molecule has 0 fully saturated rings. The summed E-state index contributed by atoms with van der Waals surface area (Å²) in [5, 5.41) is 1.30. The summed E-state index contributed by atoms with van der Waals surface area (Å²) in [7, 11) is 0. The summed E-state index contributed by atoms with van der Waals surface area (Å²) in [6, 6.07) is 13.6. The van der Waals surface area contributed by atoms with Crippen molar-refractivity contribution in [2.45, 2.75) is 13.0 Å². The molecule has 0 bridgehead atoms. The van der Waals surface area contributed by atoms with Gasteiger partial charge in [-0.15, -0.1) is 0 Å². The van der Waals surface area contributed by atoms with Crippen molar-refractivity contribution < 1.29 is 0 Å². The topological polar surface area (TPSA) is 26.0 Å². The number of halogens is 2. The molecule has 0 aliphatic heterocycles. The van der Waals surface area contributed by atoms with Gasteiger partial charge in [0.15, 0.2) is 0 Å². The van der Waals surface area contributed by atoms with Gasteiger partial charge in [-0.3, -0.25) is 0 Å². The highest BCUT2D eigenvalue weighted by Gasteiger charge is 2.05. The zero-order chi connectivity index (χ0) is 12.4. The van der Waals surface area contributed by atoms with Crippen molar-refractivity contribution in [2.24, 2.45) is 5.73 Å². The maximum absolute atomic E-state index is 6.16. The molecule has 1 unspecified atom stereocenters. The molecule has 0 aliphatic carbocycles. The standard InChI is InChI=1S/C14H13Cl2N/c1-9(17)10-2-4-11(5-3-10)13-7-6-12(15)8-14(13)16/h2-9H,17H2,1H3. The van der Waals surface area contributed by atoms with E-state index in [-0.39, 0.29) is 6.04 Å². The molecule has 0 radical (unpaired) electrons. The van der Waals surface area contributed by atoms with Crippen molar-refractivity contribution in [3.63, 3.8) is 0 Å². The second-order valence-corrected chi connectivity index (χ2v) is 4.88. The van der Waals surface area contributed by atoms with Gasteiger partial charge in [0.25, 0.3) is 0 Å². The molecule has 0 saturated carbocycles. The van der Waals surface area contributed by atoms with E-state index in [2.05, 4.69) is 0 Å². The van der Waals surface area contributed by atoms with Gasteiger partial charge in [-0.2, -0.15) is 0 Å². The van der Waals surface area contributed by atoms with Crippen LogP contribution in [0.3, 0.4) is 0 Å². The third-order valence-electron chi connectivity index (χ3n) is 2.68. The summed E-state index contributed by atoms with van der Waals surface area (Å²) in [6.45, 7) is 1.96. The lowest BCUT2D eigenvalue weighted by molar-refractivity contribution is 0.818. The molecule has 0 aliphatic rings. The van der Waals surface area contributed by atoms with Gasteiger partial charge < -0.3 is 5.73 Å². The Morgan fingerprint density at radius 3 is 2.18 bits per heavy atom. The maximum atomic E-state index is 6.16. The van der Waals surface area contributed by atoms with Crippen LogP contribution in [-0.4, -0.2) is 0 Å². The predicted molar refractivity (Wildman–Crippen MR) is 74.5 cm³/mol. The van der Waals surface area contributed by atoms with E-state index >= 15 is 0 Å². The molecule has 0 heterocycles. The Labute approximate surface area is 111 Å². The van der Waals surface area contributed by atoms with Crippen LogP contribution in [-0.2, 0) is 0 Å². The minimum atomic E-state index is 0.0461. The van der Waals surface area contributed by atoms with E-state index in [0.29, 0.717) is 10.0 Å². The molecule has 88 valence electrons. The van der Waals surface area contributed by atoms with Crippen LogP contribution in [0.15, 0.2) is 42.5 Å². The first-order valence-corrected chi connectivity index (χ1v) is 6.14. The Morgan fingerprint density at radius 2 is 1.65 bits per heavy atom. The number of benzene rings is 2. The highest BCUT2D eigenvalue weighted by atomic mass is 35.5. The molecule has 1 atom stereocenters. The molecule has 1 nitrogen and oxygen atoms in total. The lowest BCUT2D eigenvalue weighted by Gasteiger charge is -2.08. The van der Waals surface area contributed by atoms with Crippen LogP contribution >= 0.6 is 23.2 Å². The second-order valence-electron chi connectivity index (χ2n) is 4.03. The fourth-order valence-corrected chi connectivity index (χ4v) is 2.21. The van der Waals surface area contributed by atoms with E-state index in [1.165, 1.54) is 0 Å². The van der Waals surface area contributed by atoms with Crippen molar-refractivity contribution in [2.75, 3.05) is 0 Å². The largest absolute Gasteiger partial charge is 0.324 e. The Balaban J connectivity index is 2.40. The molecule has 2 N–H and O–H groups in total. The normalized spacial score (nSPS) is 12.5. The van der Waals surface area contributed by atoms with E-state index in [1.807, 2.05) is 43.3 Å². The summed E-state index contributed by atoms with van der Waals surface area (Å²) in [5.41, 5.74) is 8.96. The number of nitrogens with two attached hydrogens (primary N) is 1. The molecule has 2 aromatic carbocycles. The third-order valence-corrected chi connectivity index (χ3v) is 3.23. The first-order valence-electron chi connectivity index (χ1n) is 5.39. The van der Waals surface area contributed by atoms with Gasteiger partial charge in [-0.05, 0) is 30.2 Å². The Kier molecular flexibility index (Phi) is 3.72. The quantitative estimate of drug-likeness (QED) is 0.839. The highest BCUT2D eigenvalue weighted by Crippen LogP contribution is 2.30. The van der Waals surface area contributed by atoms with Crippen LogP contribution in [0, 0.1) is 0 Å². The minimum absolute atomic E-state index is 0.0461. The smallest absolute Gasteiger partial charge is 0.0499 e. The van der Waals surface area contributed by atoms with Gasteiger partial charge in [-0.1, -0.05) is 53.5 Å². The zero-order valence-corrected chi connectivity index (χ0v) is 11.0. The van der Waals surface area contributed by atoms with Gasteiger partial charge in [0.2, 0.25) is 0 Å². The van der Waals surface area contributed by atoms with E-state index in [0.717, 1.165) is 16.7 Å². The van der Waals surface area contributed by atoms with Crippen LogP contribution in [0.25, 0.3) is 11.1 Å². The monoisotopic (exact) mass is 265 g/mol. The fraction of sp³-hybridized carbons (Fsp3) is 0.143. The summed E-state index contributed by atoms with van der Waals surface area (Å²) >= 11 is 12.0. The van der Waals surface area contributed by atoms with Crippen molar-refractivity contribution >= 4 is 23.2 Å². The lowest BCUT2D eigenvalue weighted by Crippen LogP contribution is -2.04. The number of hydrogen-bond donors (Lipinski definition) is 1. The minimum Gasteiger partial charge on any atom is -0.324 e. The van der Waals surface area contributed by atoms with Crippen molar-refractivity contribution in [3.8, 4) is 11.1 Å². The van der Waals surface area contributed by atoms with E-state index < -0.39 is 0 Å². The van der Waals surface area contributed by atoms with Crippen LogP contribution in [0.2, 0.25) is 10.0 Å². The van der Waals surface area contributed by atoms with Crippen LogP contribution in [0.1, 0.15) is 18.5 Å². The average Bonchev–Trinajstić information content (AvgIpc) is 2.29. The summed E-state index contributed by atoms with van der Waals surface area (Å²) in [5.74, 6) is 0. The highest BCUT2D eigenvalue weighted by molar-refractivity contribution is 6.36. The molecular weight excluding hydrogens is 253 g/mol. The first-order chi connectivity index (χ1) is 8.08. The fourth-order valence-electron chi connectivity index (χ4n) is 1.69. The number of rotatable bonds is 2. The average molecular weight is 266 g/mol. The van der Waals surface area contributed by atoms with E-state index in [1.54, 1.807) is 6.07 Å². The summed E-state index contributed by atoms with van der Waals surface area (Å²) < 4.78 is 0. The van der Waals surface area contributed by atoms with Crippen LogP contribution in [0.5, 0.6) is 0 Å². The Hall–Kier alpha value is -1.02. The zero-order valence-electron chi connectivity index (χ0n) is 9.45. The molecule has 0 saturated heterocycles. The maximum Gasteiger partial charge on any atom is 0.0499 e. The van der Waals surface area contributed by atoms with Crippen LogP contribution < -0.4 is 5.73 Å². The van der Waals surface area contributed by atoms with Gasteiger partial charge in [0.05, 0.1) is 0 Å². The van der Waals surface area contributed by atoms with Gasteiger partial charge in [-0.25, -0.2) is 0 Å². The molecule has 2 aromatic rings. The van der Waals surface area contributed by atoms with Gasteiger partial charge in [0.1, 0.15) is 0 Å². The second kappa shape index (κ2) is 5.09. The lowest BCUT2D eigenvalue weighted by atomic mass is 10.0. The molecule has 0 amide bonds. The van der Waals surface area contributed by atoms with E-state index in [4.69, 9.17) is 28.9 Å². The van der Waals surface area contributed by atoms with E-state index in [9.17, 15) is 0 Å². The summed E-state index contributed by atoms with van der Waals surface area (Å²) in [6.07, 6.45) is 0. The number of hydrogen-bond acceptors (Lipinski definition) is 1. The SMILES string of the molecule is CC(N)c1ccc(-c2ccc(Cl)cc2Cl)cc1. The molecule has 17 heavy (non-hydrogen) atoms. The molecule has 0 aromatic heterocycles. The molecule has 3 heteroatoms. The Morgan fingerprint density at radius 1 is 1.00 bits per heavy atom. The molecule has 2 rings (SSSR count). The van der Waals surface area contributed by atoms with Crippen molar-refractivity contribution in [1.82, 2.24) is 0 Å². The van der Waals surface area contributed by atoms with Crippen molar-refractivity contribution in [3.05, 3.63) is 58.1 Å². The molecule has 0 spiro atoms. The van der Waals surface area contributed by atoms with Crippen molar-refractivity contribution in [1.29, 1.82) is 0 Å². The summed E-state index contributed by atoms with van der Waals surface area (Å²) in [4.78, 5) is 0. The predicted octanol–water partition coefficient (Wildman–Crippen LogP) is 4.68. The Bertz CT molecular complexity index is 518. The third kappa shape index (κ3) is 2.81. The van der Waals surface area contributed by atoms with Crippen LogP contribution in [0.4, 0.5) is 0 Å². The van der Waals surface area contributed by atoms with Gasteiger partial charge in [0, 0.05) is 21.7 Å². The first kappa shape index (κ1) is 12.4. The molecular formula is C14H13Cl2N. The van der Waals surface area contributed by atoms with Gasteiger partial charge >= 0.3 is 0 Å².